The lowest BCUT2D eigenvalue weighted by Gasteiger charge is -2.15. The molecule has 0 radical (unpaired) electrons. The molecule has 1 aliphatic rings. The van der Waals surface area contributed by atoms with Crippen LogP contribution >= 0.6 is 39.3 Å². The summed E-state index contributed by atoms with van der Waals surface area (Å²) in [6.45, 7) is 2.65. The maximum absolute atomic E-state index is 12.9. The summed E-state index contributed by atoms with van der Waals surface area (Å²) >= 11 is 10.7. The van der Waals surface area contributed by atoms with Crippen molar-refractivity contribution in [3.63, 3.8) is 0 Å². The molecule has 190 valence electrons. The molecule has 1 N–H and O–H groups in total. The highest BCUT2D eigenvalue weighted by Gasteiger charge is 2.30. The van der Waals surface area contributed by atoms with Crippen molar-refractivity contribution in [2.24, 2.45) is 4.99 Å². The molecule has 0 bridgehead atoms. The summed E-state index contributed by atoms with van der Waals surface area (Å²) in [6.07, 6.45) is 1.76. The highest BCUT2D eigenvalue weighted by molar-refractivity contribution is 9.10. The number of hydrogen-bond donors (Lipinski definition) is 1. The maximum Gasteiger partial charge on any atom is 0.335 e. The molecule has 4 rings (SSSR count). The van der Waals surface area contributed by atoms with Crippen LogP contribution in [-0.4, -0.2) is 40.7 Å². The normalized spacial score (nSPS) is 15.5. The van der Waals surface area contributed by atoms with Gasteiger partial charge in [0.25, 0.3) is 5.91 Å². The molecule has 7 nitrogen and oxygen atoms in total. The Hall–Kier alpha value is -3.27. The zero-order valence-electron chi connectivity index (χ0n) is 19.9. The van der Waals surface area contributed by atoms with E-state index in [0.717, 1.165) is 11.1 Å². The Bertz CT molecular complexity index is 1410. The Morgan fingerprint density at radius 3 is 2.62 bits per heavy atom. The van der Waals surface area contributed by atoms with Crippen molar-refractivity contribution >= 4 is 68.1 Å². The lowest BCUT2D eigenvalue weighted by atomic mass is 10.1. The Morgan fingerprint density at radius 1 is 1.16 bits per heavy atom. The summed E-state index contributed by atoms with van der Waals surface area (Å²) in [5.41, 5.74) is 2.28. The largest absolute Gasteiger partial charge is 0.490 e. The third kappa shape index (κ3) is 6.54. The van der Waals surface area contributed by atoms with Crippen LogP contribution in [0.2, 0.25) is 5.02 Å². The van der Waals surface area contributed by atoms with Crippen LogP contribution in [0.1, 0.15) is 28.4 Å². The first-order valence-electron chi connectivity index (χ1n) is 11.2. The number of carboxylic acid groups (broad SMARTS) is 1. The van der Waals surface area contributed by atoms with Gasteiger partial charge in [-0.25, -0.2) is 9.79 Å². The summed E-state index contributed by atoms with van der Waals surface area (Å²) < 4.78 is 12.6. The minimum Gasteiger partial charge on any atom is -0.490 e. The number of amides is 1. The third-order valence-electron chi connectivity index (χ3n) is 5.25. The first-order valence-corrected chi connectivity index (χ1v) is 13.2. The number of rotatable bonds is 8. The summed E-state index contributed by atoms with van der Waals surface area (Å²) in [6, 6.07) is 17.3. The van der Waals surface area contributed by atoms with Gasteiger partial charge in [0.2, 0.25) is 0 Å². The molecule has 1 aliphatic heterocycles. The molecule has 0 spiro atoms. The van der Waals surface area contributed by atoms with E-state index in [0.29, 0.717) is 50.0 Å². The van der Waals surface area contributed by atoms with E-state index in [4.69, 9.17) is 21.1 Å². The van der Waals surface area contributed by atoms with E-state index in [2.05, 4.69) is 20.9 Å². The van der Waals surface area contributed by atoms with Gasteiger partial charge >= 0.3 is 5.97 Å². The van der Waals surface area contributed by atoms with Crippen LogP contribution < -0.4 is 9.47 Å². The number of carbonyl (C=O) groups excluding carboxylic acids is 1. The van der Waals surface area contributed by atoms with Crippen LogP contribution in [0.25, 0.3) is 6.08 Å². The average molecular weight is 602 g/mol. The van der Waals surface area contributed by atoms with Crippen LogP contribution in [0.4, 0.5) is 5.69 Å². The zero-order valence-corrected chi connectivity index (χ0v) is 23.1. The minimum absolute atomic E-state index is 0.126. The second kappa shape index (κ2) is 11.9. The van der Waals surface area contributed by atoms with Gasteiger partial charge in [0.1, 0.15) is 6.61 Å². The van der Waals surface area contributed by atoms with Crippen molar-refractivity contribution in [1.29, 1.82) is 0 Å². The van der Waals surface area contributed by atoms with Gasteiger partial charge in [0.05, 0.1) is 27.2 Å². The number of carboxylic acids is 1. The van der Waals surface area contributed by atoms with E-state index in [9.17, 15) is 14.7 Å². The number of aliphatic imine (C=N–C) groups is 1. The number of thioether (sulfide) groups is 1. The molecule has 1 amide bonds. The van der Waals surface area contributed by atoms with Crippen LogP contribution in [0.15, 0.2) is 75.0 Å². The number of benzene rings is 3. The molecule has 37 heavy (non-hydrogen) atoms. The molecule has 0 aromatic heterocycles. The number of aromatic carboxylic acids is 1. The van der Waals surface area contributed by atoms with E-state index >= 15 is 0 Å². The Balaban J connectivity index is 1.59. The highest BCUT2D eigenvalue weighted by atomic mass is 79.9. The van der Waals surface area contributed by atoms with Gasteiger partial charge in [-0.3, -0.25) is 9.69 Å². The fourth-order valence-corrected chi connectivity index (χ4v) is 5.12. The van der Waals surface area contributed by atoms with Crippen molar-refractivity contribution in [3.05, 3.63) is 91.8 Å². The lowest BCUT2D eigenvalue weighted by Crippen LogP contribution is -2.23. The average Bonchev–Trinajstić information content (AvgIpc) is 3.12. The van der Waals surface area contributed by atoms with E-state index in [1.165, 1.54) is 28.8 Å². The van der Waals surface area contributed by atoms with Gasteiger partial charge in [0, 0.05) is 12.1 Å². The zero-order chi connectivity index (χ0) is 26.5. The molecule has 1 heterocycles. The number of amidine groups is 1. The number of hydrogen-bond acceptors (Lipinski definition) is 6. The van der Waals surface area contributed by atoms with Crippen LogP contribution in [0.5, 0.6) is 11.5 Å². The van der Waals surface area contributed by atoms with Gasteiger partial charge in [0.15, 0.2) is 16.7 Å². The van der Waals surface area contributed by atoms with Crippen LogP contribution in [0, 0.1) is 0 Å². The molecular weight excluding hydrogens is 580 g/mol. The predicted octanol–water partition coefficient (Wildman–Crippen LogP) is 7.01. The van der Waals surface area contributed by atoms with Gasteiger partial charge in [-0.2, -0.15) is 0 Å². The minimum atomic E-state index is -1.04. The van der Waals surface area contributed by atoms with Crippen molar-refractivity contribution in [1.82, 2.24) is 4.90 Å². The van der Waals surface area contributed by atoms with E-state index in [1.807, 2.05) is 43.3 Å². The van der Waals surface area contributed by atoms with Crippen LogP contribution in [-0.2, 0) is 11.4 Å². The Labute approximate surface area is 231 Å². The monoisotopic (exact) mass is 600 g/mol. The van der Waals surface area contributed by atoms with Crippen LogP contribution in [0.3, 0.4) is 0 Å². The molecule has 0 unspecified atom stereocenters. The van der Waals surface area contributed by atoms with Crippen molar-refractivity contribution in [2.45, 2.75) is 13.5 Å². The highest BCUT2D eigenvalue weighted by Crippen LogP contribution is 2.40. The second-order valence-electron chi connectivity index (χ2n) is 7.90. The summed E-state index contributed by atoms with van der Waals surface area (Å²) in [5, 5.41) is 10.3. The summed E-state index contributed by atoms with van der Waals surface area (Å²) in [5.74, 6) is -0.152. The third-order valence-corrected chi connectivity index (χ3v) is 7.15. The molecule has 1 fully saturated rings. The van der Waals surface area contributed by atoms with E-state index in [-0.39, 0.29) is 11.5 Å². The first-order chi connectivity index (χ1) is 17.7. The van der Waals surface area contributed by atoms with Crippen molar-refractivity contribution < 1.29 is 24.2 Å². The van der Waals surface area contributed by atoms with Crippen molar-refractivity contribution in [2.75, 3.05) is 13.7 Å². The van der Waals surface area contributed by atoms with E-state index in [1.54, 1.807) is 25.3 Å². The SMILES string of the molecule is CCOc1cc(C=C2SC(=Nc3cccc(C(=O)O)c3)N(C)C2=O)cc(Br)c1OCc1ccc(Cl)cc1. The van der Waals surface area contributed by atoms with Crippen molar-refractivity contribution in [3.8, 4) is 11.5 Å². The Kier molecular flexibility index (Phi) is 8.58. The molecule has 3 aromatic rings. The molecule has 3 aromatic carbocycles. The number of likely N-dealkylation sites (N-methyl/N-ethyl adjacent to an activating group) is 1. The summed E-state index contributed by atoms with van der Waals surface area (Å²) in [4.78, 5) is 30.6. The van der Waals surface area contributed by atoms with Gasteiger partial charge in [-0.15, -0.1) is 0 Å². The quantitative estimate of drug-likeness (QED) is 0.279. The molecule has 0 aliphatic carbocycles. The molecule has 0 saturated carbocycles. The fourth-order valence-electron chi connectivity index (χ4n) is 3.43. The number of ether oxygens (including phenoxy) is 2. The smallest absolute Gasteiger partial charge is 0.335 e. The second-order valence-corrected chi connectivity index (χ2v) is 10.2. The lowest BCUT2D eigenvalue weighted by molar-refractivity contribution is -0.121. The fraction of sp³-hybridized carbons (Fsp3) is 0.148. The van der Waals surface area contributed by atoms with Gasteiger partial charge < -0.3 is 14.6 Å². The maximum atomic E-state index is 12.9. The van der Waals surface area contributed by atoms with Gasteiger partial charge in [-0.05, 0) is 94.3 Å². The standard InChI is InChI=1S/C27H22BrClN2O5S/c1-3-35-22-12-17(11-21(28)24(22)36-15-16-7-9-19(29)10-8-16)13-23-25(32)31(2)27(37-23)30-20-6-4-5-18(14-20)26(33)34/h4-14H,3,15H2,1-2H3,(H,33,34). The molecule has 10 heteroatoms. The number of carbonyl (C=O) groups is 2. The molecular formula is C27H22BrClN2O5S. The molecule has 1 saturated heterocycles. The Morgan fingerprint density at radius 2 is 1.92 bits per heavy atom. The molecule has 0 atom stereocenters. The van der Waals surface area contributed by atoms with E-state index < -0.39 is 5.97 Å². The van der Waals surface area contributed by atoms with Gasteiger partial charge in [-0.1, -0.05) is 29.8 Å². The number of halogens is 2. The topological polar surface area (TPSA) is 88.4 Å². The first kappa shape index (κ1) is 26.8. The summed E-state index contributed by atoms with van der Waals surface area (Å²) in [7, 11) is 1.63. The number of nitrogens with zero attached hydrogens (tertiary/aromatic N) is 2. The predicted molar refractivity (Wildman–Crippen MR) is 150 cm³/mol.